The van der Waals surface area contributed by atoms with Crippen molar-refractivity contribution in [1.82, 2.24) is 15.1 Å². The molecule has 3 rings (SSSR count). The molecule has 3 N–H and O–H groups in total. The average Bonchev–Trinajstić information content (AvgIpc) is 2.98. The summed E-state index contributed by atoms with van der Waals surface area (Å²) < 4.78 is 12.7. The third-order valence-electron chi connectivity index (χ3n) is 8.51. The van der Waals surface area contributed by atoms with Crippen LogP contribution in [0.25, 0.3) is 0 Å². The van der Waals surface area contributed by atoms with E-state index in [1.807, 2.05) is 46.6 Å². The van der Waals surface area contributed by atoms with Crippen LogP contribution in [-0.4, -0.2) is 90.4 Å². The number of benzene rings is 1. The first-order valence-electron chi connectivity index (χ1n) is 16.2. The molecule has 2 aliphatic rings. The zero-order chi connectivity index (χ0) is 31.5. The Bertz CT molecular complexity index is 1060. The van der Waals surface area contributed by atoms with Gasteiger partial charge in [0.05, 0.1) is 30.4 Å². The summed E-state index contributed by atoms with van der Waals surface area (Å²) >= 11 is 0. The number of nitrogens with zero attached hydrogens (tertiary/aromatic N) is 2. The molecule has 0 saturated heterocycles. The van der Waals surface area contributed by atoms with Gasteiger partial charge in [-0.1, -0.05) is 26.2 Å². The lowest BCUT2D eigenvalue weighted by atomic mass is 9.88. The van der Waals surface area contributed by atoms with Crippen molar-refractivity contribution in [2.45, 2.75) is 110 Å². The number of ether oxygens (including phenoxy) is 2. The van der Waals surface area contributed by atoms with Crippen molar-refractivity contribution in [3.8, 4) is 5.75 Å². The Hall–Kier alpha value is -2.85. The van der Waals surface area contributed by atoms with Gasteiger partial charge in [-0.15, -0.1) is 0 Å². The highest BCUT2D eigenvalue weighted by Crippen LogP contribution is 2.29. The van der Waals surface area contributed by atoms with Gasteiger partial charge in [0.15, 0.2) is 0 Å². The highest BCUT2D eigenvalue weighted by molar-refractivity contribution is 5.99. The second kappa shape index (κ2) is 16.9. The number of fused-ring (bicyclic) bond motifs is 1. The van der Waals surface area contributed by atoms with Crippen LogP contribution in [0.4, 0.5) is 10.5 Å². The van der Waals surface area contributed by atoms with Crippen LogP contribution in [0.5, 0.6) is 5.75 Å². The minimum absolute atomic E-state index is 0.0438. The van der Waals surface area contributed by atoms with Crippen molar-refractivity contribution in [2.75, 3.05) is 38.7 Å². The number of hydrogen-bond acceptors (Lipinski definition) is 6. The monoisotopic (exact) mass is 602 g/mol. The van der Waals surface area contributed by atoms with Crippen LogP contribution >= 0.6 is 0 Å². The second-order valence-corrected chi connectivity index (χ2v) is 12.8. The van der Waals surface area contributed by atoms with Crippen LogP contribution in [0.15, 0.2) is 18.2 Å². The van der Waals surface area contributed by atoms with Gasteiger partial charge in [-0.05, 0) is 78.0 Å². The Labute approximate surface area is 257 Å². The molecule has 1 saturated carbocycles. The molecule has 4 atom stereocenters. The number of carbonyl (C=O) groups excluding carboxylic acids is 3. The number of aliphatic hydroxyl groups excluding tert-OH is 1. The van der Waals surface area contributed by atoms with Crippen molar-refractivity contribution in [3.63, 3.8) is 0 Å². The van der Waals surface area contributed by atoms with Gasteiger partial charge in [0.1, 0.15) is 5.75 Å². The summed E-state index contributed by atoms with van der Waals surface area (Å²) in [7, 11) is 1.86. The summed E-state index contributed by atoms with van der Waals surface area (Å²) in [5.41, 5.74) is 0.789. The van der Waals surface area contributed by atoms with E-state index >= 15 is 0 Å². The number of anilines is 1. The van der Waals surface area contributed by atoms with Crippen LogP contribution in [0.2, 0.25) is 0 Å². The maximum atomic E-state index is 14.2. The van der Waals surface area contributed by atoms with E-state index in [1.165, 1.54) is 6.42 Å². The maximum Gasteiger partial charge on any atom is 0.319 e. The molecule has 1 aliphatic carbocycles. The van der Waals surface area contributed by atoms with Crippen LogP contribution in [0, 0.1) is 11.8 Å². The van der Waals surface area contributed by atoms with Crippen molar-refractivity contribution in [2.24, 2.45) is 11.8 Å². The van der Waals surface area contributed by atoms with Gasteiger partial charge in [0.25, 0.3) is 5.91 Å². The standard InChI is InChI=1S/C33H54N4O6/c1-22(2)34-33(41)35-27-15-16-29-28(18-27)32(40)37(24(4)21-38)19-23(3)30(42-17-11-10-12-25(5)43-29)20-36(6)31(39)26-13-8-7-9-14-26/h15-16,18,22-26,30,38H,7-14,17,19-21H2,1-6H3,(H2,34,35,41)/t23-,24-,25+,30+/m0/s1. The lowest BCUT2D eigenvalue weighted by Crippen LogP contribution is -2.48. The molecule has 0 unspecified atom stereocenters. The van der Waals surface area contributed by atoms with E-state index in [9.17, 15) is 19.5 Å². The lowest BCUT2D eigenvalue weighted by molar-refractivity contribution is -0.137. The van der Waals surface area contributed by atoms with Gasteiger partial charge >= 0.3 is 6.03 Å². The minimum Gasteiger partial charge on any atom is -0.490 e. The summed E-state index contributed by atoms with van der Waals surface area (Å²) in [4.78, 5) is 43.4. The zero-order valence-corrected chi connectivity index (χ0v) is 27.1. The largest absolute Gasteiger partial charge is 0.490 e. The molecule has 1 heterocycles. The Balaban J connectivity index is 1.90. The number of amides is 4. The Morgan fingerprint density at radius 2 is 1.77 bits per heavy atom. The molecule has 242 valence electrons. The summed E-state index contributed by atoms with van der Waals surface area (Å²) in [5.74, 6) is 0.268. The molecule has 0 aromatic heterocycles. The van der Waals surface area contributed by atoms with E-state index in [2.05, 4.69) is 10.6 Å². The first-order chi connectivity index (χ1) is 20.5. The van der Waals surface area contributed by atoms with E-state index in [1.54, 1.807) is 23.1 Å². The Morgan fingerprint density at radius 1 is 1.07 bits per heavy atom. The lowest BCUT2D eigenvalue weighted by Gasteiger charge is -2.36. The molecular formula is C33H54N4O6. The van der Waals surface area contributed by atoms with Gasteiger partial charge < -0.3 is 35.0 Å². The average molecular weight is 603 g/mol. The Kier molecular flexibility index (Phi) is 13.6. The van der Waals surface area contributed by atoms with Crippen LogP contribution in [0.3, 0.4) is 0 Å². The fourth-order valence-corrected chi connectivity index (χ4v) is 5.91. The van der Waals surface area contributed by atoms with Gasteiger partial charge in [0, 0.05) is 50.3 Å². The molecule has 43 heavy (non-hydrogen) atoms. The number of hydrogen-bond donors (Lipinski definition) is 3. The zero-order valence-electron chi connectivity index (χ0n) is 27.1. The molecule has 10 nitrogen and oxygen atoms in total. The van der Waals surface area contributed by atoms with Crippen molar-refractivity contribution >= 4 is 23.5 Å². The third kappa shape index (κ3) is 10.4. The summed E-state index contributed by atoms with van der Waals surface area (Å²) in [6.07, 6.45) is 7.38. The normalized spacial score (nSPS) is 23.5. The molecule has 1 aliphatic heterocycles. The van der Waals surface area contributed by atoms with E-state index in [0.29, 0.717) is 36.7 Å². The molecule has 1 aromatic rings. The number of rotatable bonds is 7. The van der Waals surface area contributed by atoms with Crippen LogP contribution in [0.1, 0.15) is 96.3 Å². The first-order valence-corrected chi connectivity index (χ1v) is 16.2. The van der Waals surface area contributed by atoms with Crippen molar-refractivity contribution in [3.05, 3.63) is 23.8 Å². The van der Waals surface area contributed by atoms with Gasteiger partial charge in [-0.2, -0.15) is 0 Å². The summed E-state index contributed by atoms with van der Waals surface area (Å²) in [5, 5.41) is 15.8. The van der Waals surface area contributed by atoms with E-state index < -0.39 is 6.04 Å². The fourth-order valence-electron chi connectivity index (χ4n) is 5.91. The van der Waals surface area contributed by atoms with Crippen LogP contribution < -0.4 is 15.4 Å². The van der Waals surface area contributed by atoms with Crippen molar-refractivity contribution in [1.29, 1.82) is 0 Å². The predicted octanol–water partition coefficient (Wildman–Crippen LogP) is 5.05. The molecule has 4 amide bonds. The number of nitrogens with one attached hydrogen (secondary N) is 2. The predicted molar refractivity (Wildman–Crippen MR) is 168 cm³/mol. The number of likely N-dealkylation sites (N-methyl/N-ethyl adjacent to an activating group) is 1. The fraction of sp³-hybridized carbons (Fsp3) is 0.727. The molecule has 0 spiro atoms. The second-order valence-electron chi connectivity index (χ2n) is 12.8. The smallest absolute Gasteiger partial charge is 0.319 e. The van der Waals surface area contributed by atoms with E-state index in [-0.39, 0.29) is 54.5 Å². The SMILES string of the molecule is CC(C)NC(=O)Nc1ccc2c(c1)C(=O)N([C@@H](C)CO)C[C@H](C)[C@@H](CN(C)C(=O)C1CCCCC1)OCCCC[C@@H](C)O2. The van der Waals surface area contributed by atoms with E-state index in [4.69, 9.17) is 9.47 Å². The molecule has 0 bridgehead atoms. The molecule has 1 fully saturated rings. The number of urea groups is 1. The van der Waals surface area contributed by atoms with Gasteiger partial charge in [-0.25, -0.2) is 4.79 Å². The van der Waals surface area contributed by atoms with Crippen molar-refractivity contribution < 1.29 is 29.0 Å². The van der Waals surface area contributed by atoms with Crippen LogP contribution in [-0.2, 0) is 9.53 Å². The maximum absolute atomic E-state index is 14.2. The number of carbonyl (C=O) groups is 3. The van der Waals surface area contributed by atoms with E-state index in [0.717, 1.165) is 44.9 Å². The quantitative estimate of drug-likeness (QED) is 0.402. The number of aliphatic hydroxyl groups is 1. The van der Waals surface area contributed by atoms with Gasteiger partial charge in [-0.3, -0.25) is 9.59 Å². The molecule has 0 radical (unpaired) electrons. The first kappa shape index (κ1) is 34.6. The molecule has 1 aromatic carbocycles. The highest BCUT2D eigenvalue weighted by Gasteiger charge is 2.32. The minimum atomic E-state index is -0.476. The van der Waals surface area contributed by atoms with Gasteiger partial charge in [0.2, 0.25) is 5.91 Å². The Morgan fingerprint density at radius 3 is 2.44 bits per heavy atom. The highest BCUT2D eigenvalue weighted by atomic mass is 16.5. The molecule has 10 heteroatoms. The summed E-state index contributed by atoms with van der Waals surface area (Å²) in [6.45, 7) is 10.7. The molecular weight excluding hydrogens is 548 g/mol. The summed E-state index contributed by atoms with van der Waals surface area (Å²) in [6, 6.07) is 4.21. The topological polar surface area (TPSA) is 120 Å². The third-order valence-corrected chi connectivity index (χ3v) is 8.51.